The minimum absolute atomic E-state index is 0.144. The lowest BCUT2D eigenvalue weighted by molar-refractivity contribution is 0.0730. The molecule has 0 aliphatic carbocycles. The van der Waals surface area contributed by atoms with Gasteiger partial charge in [0.25, 0.3) is 5.91 Å². The lowest BCUT2D eigenvalue weighted by atomic mass is 10.1. The molecule has 2 aromatic rings. The first-order chi connectivity index (χ1) is 15.9. The Bertz CT molecular complexity index is 1090. The Balaban J connectivity index is 1.66. The quantitative estimate of drug-likeness (QED) is 0.615. The zero-order chi connectivity index (χ0) is 23.4. The van der Waals surface area contributed by atoms with Gasteiger partial charge in [0.2, 0.25) is 10.0 Å². The number of nitrogens with zero attached hydrogens (tertiary/aromatic N) is 3. The molecule has 0 spiro atoms. The van der Waals surface area contributed by atoms with Gasteiger partial charge < -0.3 is 19.3 Å². The van der Waals surface area contributed by atoms with E-state index in [2.05, 4.69) is 4.90 Å². The van der Waals surface area contributed by atoms with Crippen molar-refractivity contribution in [3.63, 3.8) is 0 Å². The standard InChI is InChI=1S/C24H31N3O5S/c1-25(18-19-6-5-7-20(16-19)31-2)24(28)22-17-21(8-9-23(22)26-10-3-4-11-26)33(29,30)27-12-14-32-15-13-27/h5-9,16-17H,3-4,10-15,18H2,1-2H3. The summed E-state index contributed by atoms with van der Waals surface area (Å²) >= 11 is 0. The molecule has 2 fully saturated rings. The Morgan fingerprint density at radius 2 is 1.79 bits per heavy atom. The van der Waals surface area contributed by atoms with Crippen LogP contribution in [0.15, 0.2) is 47.4 Å². The topological polar surface area (TPSA) is 79.4 Å². The van der Waals surface area contributed by atoms with Crippen molar-refractivity contribution in [3.05, 3.63) is 53.6 Å². The summed E-state index contributed by atoms with van der Waals surface area (Å²) in [5.74, 6) is 0.517. The number of amides is 1. The van der Waals surface area contributed by atoms with Crippen LogP contribution < -0.4 is 9.64 Å². The van der Waals surface area contributed by atoms with Crippen LogP contribution in [0.1, 0.15) is 28.8 Å². The number of ether oxygens (including phenoxy) is 2. The number of sulfonamides is 1. The van der Waals surface area contributed by atoms with Crippen LogP contribution in [0.5, 0.6) is 5.75 Å². The zero-order valence-corrected chi connectivity index (χ0v) is 20.0. The highest BCUT2D eigenvalue weighted by Crippen LogP contribution is 2.30. The third-order valence-corrected chi connectivity index (χ3v) is 8.05. The highest BCUT2D eigenvalue weighted by Gasteiger charge is 2.29. The SMILES string of the molecule is COc1cccc(CN(C)C(=O)c2cc(S(=O)(=O)N3CCOCC3)ccc2N2CCCC2)c1. The molecule has 1 amide bonds. The third-order valence-electron chi connectivity index (χ3n) is 6.15. The van der Waals surface area contributed by atoms with Crippen molar-refractivity contribution < 1.29 is 22.7 Å². The number of carbonyl (C=O) groups excluding carboxylic acids is 1. The number of anilines is 1. The molecular weight excluding hydrogens is 442 g/mol. The monoisotopic (exact) mass is 473 g/mol. The Morgan fingerprint density at radius 1 is 1.06 bits per heavy atom. The summed E-state index contributed by atoms with van der Waals surface area (Å²) in [4.78, 5) is 17.5. The molecule has 0 bridgehead atoms. The maximum Gasteiger partial charge on any atom is 0.256 e. The van der Waals surface area contributed by atoms with Gasteiger partial charge in [-0.05, 0) is 48.7 Å². The van der Waals surface area contributed by atoms with Crippen LogP contribution in [0, 0.1) is 0 Å². The van der Waals surface area contributed by atoms with Gasteiger partial charge in [-0.25, -0.2) is 8.42 Å². The fourth-order valence-corrected chi connectivity index (χ4v) is 5.77. The number of methoxy groups -OCH3 is 1. The molecule has 2 aliphatic rings. The molecule has 0 aromatic heterocycles. The first-order valence-electron chi connectivity index (χ1n) is 11.3. The Kier molecular flexibility index (Phi) is 7.21. The first kappa shape index (κ1) is 23.5. The summed E-state index contributed by atoms with van der Waals surface area (Å²) in [7, 11) is -0.362. The maximum absolute atomic E-state index is 13.6. The van der Waals surface area contributed by atoms with Crippen molar-refractivity contribution in [1.29, 1.82) is 0 Å². The van der Waals surface area contributed by atoms with Gasteiger partial charge in [0, 0.05) is 45.5 Å². The number of carbonyl (C=O) groups is 1. The van der Waals surface area contributed by atoms with Crippen molar-refractivity contribution in [2.75, 3.05) is 58.5 Å². The van der Waals surface area contributed by atoms with Crippen molar-refractivity contribution >= 4 is 21.6 Å². The molecule has 0 unspecified atom stereocenters. The van der Waals surface area contributed by atoms with Crippen LogP contribution in [0.25, 0.3) is 0 Å². The van der Waals surface area contributed by atoms with Crippen LogP contribution in [0.2, 0.25) is 0 Å². The van der Waals surface area contributed by atoms with Crippen LogP contribution in [-0.2, 0) is 21.3 Å². The van der Waals surface area contributed by atoms with Gasteiger partial charge in [0.05, 0.1) is 30.8 Å². The minimum atomic E-state index is -3.70. The van der Waals surface area contributed by atoms with E-state index >= 15 is 0 Å². The average molecular weight is 474 g/mol. The van der Waals surface area contributed by atoms with Crippen molar-refractivity contribution in [3.8, 4) is 5.75 Å². The molecular formula is C24H31N3O5S. The van der Waals surface area contributed by atoms with Crippen LogP contribution >= 0.6 is 0 Å². The van der Waals surface area contributed by atoms with E-state index in [0.717, 1.165) is 42.9 Å². The van der Waals surface area contributed by atoms with Gasteiger partial charge in [-0.2, -0.15) is 4.31 Å². The smallest absolute Gasteiger partial charge is 0.256 e. The molecule has 0 saturated carbocycles. The van der Waals surface area contributed by atoms with Crippen molar-refractivity contribution in [2.24, 2.45) is 0 Å². The van der Waals surface area contributed by atoms with Crippen molar-refractivity contribution in [1.82, 2.24) is 9.21 Å². The molecule has 2 aromatic carbocycles. The fourth-order valence-electron chi connectivity index (χ4n) is 4.34. The van der Waals surface area contributed by atoms with Gasteiger partial charge in [0.15, 0.2) is 0 Å². The van der Waals surface area contributed by atoms with E-state index < -0.39 is 10.0 Å². The van der Waals surface area contributed by atoms with E-state index in [1.807, 2.05) is 24.3 Å². The zero-order valence-electron chi connectivity index (χ0n) is 19.2. The predicted octanol–water partition coefficient (Wildman–Crippen LogP) is 2.59. The Labute approximate surface area is 195 Å². The summed E-state index contributed by atoms with van der Waals surface area (Å²) in [6.45, 7) is 3.48. The molecule has 8 nitrogen and oxygen atoms in total. The summed E-state index contributed by atoms with van der Waals surface area (Å²) in [5.41, 5.74) is 2.14. The summed E-state index contributed by atoms with van der Waals surface area (Å²) < 4.78 is 38.5. The molecule has 178 valence electrons. The molecule has 4 rings (SSSR count). The van der Waals surface area contributed by atoms with Gasteiger partial charge in [0.1, 0.15) is 5.75 Å². The molecule has 0 N–H and O–H groups in total. The number of benzene rings is 2. The van der Waals surface area contributed by atoms with Gasteiger partial charge in [-0.3, -0.25) is 4.79 Å². The third kappa shape index (κ3) is 5.15. The van der Waals surface area contributed by atoms with Gasteiger partial charge >= 0.3 is 0 Å². The number of rotatable bonds is 7. The maximum atomic E-state index is 13.6. The van der Waals surface area contributed by atoms with E-state index in [4.69, 9.17) is 9.47 Å². The van der Waals surface area contributed by atoms with E-state index in [0.29, 0.717) is 38.4 Å². The van der Waals surface area contributed by atoms with E-state index in [-0.39, 0.29) is 10.8 Å². The van der Waals surface area contributed by atoms with E-state index in [9.17, 15) is 13.2 Å². The number of hydrogen-bond acceptors (Lipinski definition) is 6. The summed E-state index contributed by atoms with van der Waals surface area (Å²) in [6.07, 6.45) is 2.11. The van der Waals surface area contributed by atoms with Crippen LogP contribution in [0.4, 0.5) is 5.69 Å². The average Bonchev–Trinajstić information content (AvgIpc) is 3.38. The number of hydrogen-bond donors (Lipinski definition) is 0. The Hall–Kier alpha value is -2.62. The normalized spacial score (nSPS) is 17.2. The van der Waals surface area contributed by atoms with Crippen LogP contribution in [-0.4, -0.2) is 77.1 Å². The minimum Gasteiger partial charge on any atom is -0.497 e. The second-order valence-corrected chi connectivity index (χ2v) is 10.3. The van der Waals surface area contributed by atoms with Gasteiger partial charge in [-0.1, -0.05) is 12.1 Å². The first-order valence-corrected chi connectivity index (χ1v) is 12.7. The highest BCUT2D eigenvalue weighted by atomic mass is 32.2. The molecule has 0 radical (unpaired) electrons. The lowest BCUT2D eigenvalue weighted by Gasteiger charge is -2.28. The summed E-state index contributed by atoms with van der Waals surface area (Å²) in [5, 5.41) is 0. The van der Waals surface area contributed by atoms with Crippen LogP contribution in [0.3, 0.4) is 0 Å². The van der Waals surface area contributed by atoms with Crippen molar-refractivity contribution in [2.45, 2.75) is 24.3 Å². The highest BCUT2D eigenvalue weighted by molar-refractivity contribution is 7.89. The fraction of sp³-hybridized carbons (Fsp3) is 0.458. The molecule has 2 aliphatic heterocycles. The number of morpholine rings is 1. The molecule has 9 heteroatoms. The lowest BCUT2D eigenvalue weighted by Crippen LogP contribution is -2.40. The molecule has 2 heterocycles. The molecule has 33 heavy (non-hydrogen) atoms. The second-order valence-electron chi connectivity index (χ2n) is 8.40. The Morgan fingerprint density at radius 3 is 2.48 bits per heavy atom. The predicted molar refractivity (Wildman–Crippen MR) is 126 cm³/mol. The largest absolute Gasteiger partial charge is 0.497 e. The van der Waals surface area contributed by atoms with Gasteiger partial charge in [-0.15, -0.1) is 0 Å². The summed E-state index contributed by atoms with van der Waals surface area (Å²) in [6, 6.07) is 12.5. The molecule has 0 atom stereocenters. The molecule has 2 saturated heterocycles. The van der Waals surface area contributed by atoms with E-state index in [1.54, 1.807) is 37.3 Å². The van der Waals surface area contributed by atoms with E-state index in [1.165, 1.54) is 4.31 Å². The second kappa shape index (κ2) is 10.1.